The van der Waals surface area contributed by atoms with Gasteiger partial charge in [-0.1, -0.05) is 20.8 Å². The van der Waals surface area contributed by atoms with Gasteiger partial charge in [-0.25, -0.2) is 4.79 Å². The van der Waals surface area contributed by atoms with Crippen LogP contribution in [0.2, 0.25) is 0 Å². The molecule has 22 heavy (non-hydrogen) atoms. The number of likely N-dealkylation sites (tertiary alicyclic amines) is 1. The summed E-state index contributed by atoms with van der Waals surface area (Å²) in [7, 11) is 0. The molecule has 4 heteroatoms. The highest BCUT2D eigenvalue weighted by molar-refractivity contribution is 5.68. The Bertz CT molecular complexity index is 413. The molecular formula is C18H33NO3. The fourth-order valence-corrected chi connectivity index (χ4v) is 3.96. The number of hydrogen-bond donors (Lipinski definition) is 1. The molecule has 0 spiro atoms. The van der Waals surface area contributed by atoms with Crippen LogP contribution in [0.25, 0.3) is 0 Å². The minimum atomic E-state index is -0.474. The zero-order valence-electron chi connectivity index (χ0n) is 15.1. The summed E-state index contributed by atoms with van der Waals surface area (Å²) in [6.45, 7) is 12.9. The Hall–Kier alpha value is -0.770. The van der Waals surface area contributed by atoms with Gasteiger partial charge in [-0.2, -0.15) is 0 Å². The zero-order valence-corrected chi connectivity index (χ0v) is 15.1. The van der Waals surface area contributed by atoms with Crippen LogP contribution in [0.3, 0.4) is 0 Å². The molecule has 1 saturated carbocycles. The molecule has 0 aromatic carbocycles. The first kappa shape index (κ1) is 17.6. The highest BCUT2D eigenvalue weighted by Gasteiger charge is 2.48. The van der Waals surface area contributed by atoms with Crippen LogP contribution in [0.5, 0.6) is 0 Å². The van der Waals surface area contributed by atoms with Crippen molar-refractivity contribution in [2.45, 2.75) is 85.0 Å². The zero-order chi connectivity index (χ0) is 16.7. The van der Waals surface area contributed by atoms with Crippen LogP contribution in [-0.2, 0) is 4.74 Å². The van der Waals surface area contributed by atoms with Crippen molar-refractivity contribution < 1.29 is 14.6 Å². The van der Waals surface area contributed by atoms with Gasteiger partial charge in [0.1, 0.15) is 5.60 Å². The second-order valence-corrected chi connectivity index (χ2v) is 9.01. The van der Waals surface area contributed by atoms with Crippen LogP contribution < -0.4 is 0 Å². The minimum Gasteiger partial charge on any atom is -0.444 e. The third-order valence-electron chi connectivity index (χ3n) is 5.36. The number of carbonyl (C=O) groups is 1. The Labute approximate surface area is 135 Å². The molecule has 1 N–H and O–H groups in total. The third kappa shape index (κ3) is 3.76. The molecular weight excluding hydrogens is 278 g/mol. The lowest BCUT2D eigenvalue weighted by molar-refractivity contribution is -0.0304. The topological polar surface area (TPSA) is 49.8 Å². The molecule has 0 aromatic heterocycles. The van der Waals surface area contributed by atoms with Gasteiger partial charge in [0, 0.05) is 18.5 Å². The number of nitrogens with zero attached hydrogens (tertiary/aromatic N) is 1. The van der Waals surface area contributed by atoms with Crippen molar-refractivity contribution in [1.29, 1.82) is 0 Å². The Morgan fingerprint density at radius 1 is 1.27 bits per heavy atom. The molecule has 1 amide bonds. The molecule has 2 fully saturated rings. The van der Waals surface area contributed by atoms with Crippen molar-refractivity contribution >= 4 is 6.09 Å². The van der Waals surface area contributed by atoms with Crippen molar-refractivity contribution in [2.75, 3.05) is 6.54 Å². The highest BCUT2D eigenvalue weighted by atomic mass is 16.6. The summed E-state index contributed by atoms with van der Waals surface area (Å²) in [6.07, 6.45) is 3.43. The lowest BCUT2D eigenvalue weighted by atomic mass is 9.80. The first-order chi connectivity index (χ1) is 10.0. The van der Waals surface area contributed by atoms with Gasteiger partial charge in [0.05, 0.1) is 6.10 Å². The Balaban J connectivity index is 2.16. The molecule has 0 aromatic rings. The normalized spacial score (nSPS) is 35.5. The van der Waals surface area contributed by atoms with Gasteiger partial charge in [-0.3, -0.25) is 0 Å². The van der Waals surface area contributed by atoms with E-state index in [4.69, 9.17) is 4.74 Å². The standard InChI is InChI=1S/C18H33NO3/c1-12-8-10-19(16(21)22-17(2,3)4)14(11-12)13-7-9-18(5,6)15(13)20/h12-15,20H,7-11H2,1-6H3. The molecule has 4 atom stereocenters. The van der Waals surface area contributed by atoms with E-state index in [9.17, 15) is 9.90 Å². The van der Waals surface area contributed by atoms with E-state index < -0.39 is 5.60 Å². The first-order valence-electron chi connectivity index (χ1n) is 8.69. The molecule has 128 valence electrons. The maximum absolute atomic E-state index is 12.6. The van der Waals surface area contributed by atoms with E-state index in [0.717, 1.165) is 32.2 Å². The van der Waals surface area contributed by atoms with Crippen LogP contribution in [0.1, 0.15) is 67.2 Å². The number of aliphatic hydroxyl groups is 1. The van der Waals surface area contributed by atoms with Crippen molar-refractivity contribution in [3.05, 3.63) is 0 Å². The van der Waals surface area contributed by atoms with E-state index in [0.29, 0.717) is 5.92 Å². The second kappa shape index (κ2) is 6.03. The first-order valence-corrected chi connectivity index (χ1v) is 8.69. The van der Waals surface area contributed by atoms with E-state index >= 15 is 0 Å². The minimum absolute atomic E-state index is 0.0506. The lowest BCUT2D eigenvalue weighted by Crippen LogP contribution is -2.53. The highest BCUT2D eigenvalue weighted by Crippen LogP contribution is 2.46. The molecule has 4 unspecified atom stereocenters. The fraction of sp³-hybridized carbons (Fsp3) is 0.944. The van der Waals surface area contributed by atoms with E-state index in [2.05, 4.69) is 20.8 Å². The predicted molar refractivity (Wildman–Crippen MR) is 87.6 cm³/mol. The number of ether oxygens (including phenoxy) is 1. The van der Waals surface area contributed by atoms with Crippen molar-refractivity contribution in [2.24, 2.45) is 17.3 Å². The summed E-state index contributed by atoms with van der Waals surface area (Å²) < 4.78 is 5.59. The maximum atomic E-state index is 12.6. The molecule has 4 nitrogen and oxygen atoms in total. The number of aliphatic hydroxyl groups excluding tert-OH is 1. The maximum Gasteiger partial charge on any atom is 0.410 e. The molecule has 1 heterocycles. The van der Waals surface area contributed by atoms with Crippen molar-refractivity contribution in [3.8, 4) is 0 Å². The molecule has 1 saturated heterocycles. The van der Waals surface area contributed by atoms with Crippen LogP contribution in [0, 0.1) is 17.3 Å². The molecule has 2 aliphatic rings. The lowest BCUT2D eigenvalue weighted by Gasteiger charge is -2.43. The summed E-state index contributed by atoms with van der Waals surface area (Å²) >= 11 is 0. The molecule has 1 aliphatic carbocycles. The van der Waals surface area contributed by atoms with Gasteiger partial charge in [0.2, 0.25) is 0 Å². The number of hydrogen-bond acceptors (Lipinski definition) is 3. The summed E-state index contributed by atoms with van der Waals surface area (Å²) in [6, 6.07) is 0.107. The Morgan fingerprint density at radius 3 is 2.41 bits per heavy atom. The summed E-state index contributed by atoms with van der Waals surface area (Å²) in [5.41, 5.74) is -0.525. The van der Waals surface area contributed by atoms with Gasteiger partial charge in [-0.15, -0.1) is 0 Å². The van der Waals surface area contributed by atoms with Crippen molar-refractivity contribution in [3.63, 3.8) is 0 Å². The number of piperidine rings is 1. The number of rotatable bonds is 1. The second-order valence-electron chi connectivity index (χ2n) is 9.01. The summed E-state index contributed by atoms with van der Waals surface area (Å²) in [5.74, 6) is 0.768. The van der Waals surface area contributed by atoms with Crippen molar-refractivity contribution in [1.82, 2.24) is 4.90 Å². The van der Waals surface area contributed by atoms with Gasteiger partial charge >= 0.3 is 6.09 Å². The van der Waals surface area contributed by atoms with Crippen LogP contribution >= 0.6 is 0 Å². The monoisotopic (exact) mass is 311 g/mol. The van der Waals surface area contributed by atoms with Crippen LogP contribution in [0.15, 0.2) is 0 Å². The van der Waals surface area contributed by atoms with Gasteiger partial charge < -0.3 is 14.7 Å². The quantitative estimate of drug-likeness (QED) is 0.801. The summed E-state index contributed by atoms with van der Waals surface area (Å²) in [5, 5.41) is 10.7. The Kier molecular flexibility index (Phi) is 4.82. The van der Waals surface area contributed by atoms with Gasteiger partial charge in [-0.05, 0) is 57.8 Å². The van der Waals surface area contributed by atoms with Gasteiger partial charge in [0.15, 0.2) is 0 Å². The van der Waals surface area contributed by atoms with Gasteiger partial charge in [0.25, 0.3) is 0 Å². The van der Waals surface area contributed by atoms with E-state index in [1.54, 1.807) is 0 Å². The SMILES string of the molecule is CC1CCN(C(=O)OC(C)(C)C)C(C2CCC(C)(C)C2O)C1. The number of amides is 1. The average Bonchev–Trinajstić information content (AvgIpc) is 2.62. The van der Waals surface area contributed by atoms with E-state index in [1.165, 1.54) is 0 Å². The molecule has 2 rings (SSSR count). The van der Waals surface area contributed by atoms with E-state index in [1.807, 2.05) is 25.7 Å². The van der Waals surface area contributed by atoms with Crippen LogP contribution in [0.4, 0.5) is 4.79 Å². The average molecular weight is 311 g/mol. The van der Waals surface area contributed by atoms with E-state index in [-0.39, 0.29) is 29.6 Å². The van der Waals surface area contributed by atoms with Crippen LogP contribution in [-0.4, -0.2) is 40.4 Å². The predicted octanol–water partition coefficient (Wildman–Crippen LogP) is 3.82. The molecule has 0 bridgehead atoms. The Morgan fingerprint density at radius 2 is 1.91 bits per heavy atom. The molecule has 1 aliphatic heterocycles. The third-order valence-corrected chi connectivity index (χ3v) is 5.36. The summed E-state index contributed by atoms with van der Waals surface area (Å²) in [4.78, 5) is 14.5. The number of carbonyl (C=O) groups excluding carboxylic acids is 1. The smallest absolute Gasteiger partial charge is 0.410 e. The fourth-order valence-electron chi connectivity index (χ4n) is 3.96. The molecule has 0 radical (unpaired) electrons. The largest absolute Gasteiger partial charge is 0.444 e.